The van der Waals surface area contributed by atoms with Crippen LogP contribution in [0.4, 0.5) is 0 Å². The Hall–Kier alpha value is -1.55. The summed E-state index contributed by atoms with van der Waals surface area (Å²) in [6.45, 7) is 2.79. The Kier molecular flexibility index (Phi) is 4.65. The van der Waals surface area contributed by atoms with E-state index in [1.807, 2.05) is 4.90 Å². The molecular formula is C23H29ClN2O2. The van der Waals surface area contributed by atoms with E-state index in [2.05, 4.69) is 4.90 Å². The van der Waals surface area contributed by atoms with Crippen molar-refractivity contribution in [1.82, 2.24) is 9.80 Å². The Labute approximate surface area is 172 Å². The maximum absolute atomic E-state index is 13.6. The van der Waals surface area contributed by atoms with E-state index in [-0.39, 0.29) is 11.3 Å². The van der Waals surface area contributed by atoms with Crippen LogP contribution in [0, 0.1) is 23.2 Å². The number of carbonyl (C=O) groups is 2. The highest BCUT2D eigenvalue weighted by molar-refractivity contribution is 6.30. The molecule has 0 N–H and O–H groups in total. The molecule has 4 aliphatic carbocycles. The van der Waals surface area contributed by atoms with E-state index in [9.17, 15) is 9.59 Å². The smallest absolute Gasteiger partial charge is 0.253 e. The van der Waals surface area contributed by atoms with Gasteiger partial charge in [0.2, 0.25) is 5.91 Å². The lowest BCUT2D eigenvalue weighted by atomic mass is 9.49. The number of rotatable bonds is 2. The molecule has 0 unspecified atom stereocenters. The zero-order valence-electron chi connectivity index (χ0n) is 16.4. The molecule has 1 aromatic rings. The summed E-state index contributed by atoms with van der Waals surface area (Å²) >= 11 is 5.94. The van der Waals surface area contributed by atoms with Crippen LogP contribution >= 0.6 is 11.6 Å². The summed E-state index contributed by atoms with van der Waals surface area (Å²) in [6.07, 6.45) is 8.27. The molecule has 0 atom stereocenters. The minimum atomic E-state index is -0.0793. The molecule has 0 radical (unpaired) electrons. The van der Waals surface area contributed by atoms with Crippen LogP contribution in [0.1, 0.15) is 55.3 Å². The lowest BCUT2D eigenvalue weighted by Gasteiger charge is -2.56. The zero-order valence-corrected chi connectivity index (χ0v) is 17.2. The van der Waals surface area contributed by atoms with Crippen molar-refractivity contribution >= 4 is 23.4 Å². The third-order valence-corrected chi connectivity index (χ3v) is 7.91. The standard InChI is InChI=1S/C23H29ClN2O2/c24-20-4-2-19(3-5-20)21(27)25-6-1-7-26(9-8-25)22(28)23-13-16-10-17(14-23)12-18(11-16)15-23/h2-5,16-18H,1,6-15H2. The van der Waals surface area contributed by atoms with E-state index in [4.69, 9.17) is 11.6 Å². The summed E-state index contributed by atoms with van der Waals surface area (Å²) in [4.78, 5) is 30.4. The van der Waals surface area contributed by atoms with Gasteiger partial charge in [-0.05, 0) is 87.0 Å². The number of hydrogen-bond donors (Lipinski definition) is 0. The topological polar surface area (TPSA) is 40.6 Å². The van der Waals surface area contributed by atoms with Gasteiger partial charge in [-0.2, -0.15) is 0 Å². The number of hydrogen-bond acceptors (Lipinski definition) is 2. The fourth-order valence-electron chi connectivity index (χ4n) is 6.81. The SMILES string of the molecule is O=C(c1ccc(Cl)cc1)N1CCCN(C(=O)C23CC4CC(CC(C4)C2)C3)CC1. The molecule has 150 valence electrons. The number of halogens is 1. The van der Waals surface area contributed by atoms with Crippen molar-refractivity contribution in [2.24, 2.45) is 23.2 Å². The lowest BCUT2D eigenvalue weighted by Crippen LogP contribution is -2.55. The Morgan fingerprint density at radius 3 is 1.96 bits per heavy atom. The first kappa shape index (κ1) is 18.5. The summed E-state index contributed by atoms with van der Waals surface area (Å²) < 4.78 is 0. The molecule has 5 fully saturated rings. The average molecular weight is 401 g/mol. The number of nitrogens with zero attached hydrogens (tertiary/aromatic N) is 2. The van der Waals surface area contributed by atoms with Gasteiger partial charge in [0.25, 0.3) is 5.91 Å². The number of amides is 2. The van der Waals surface area contributed by atoms with Gasteiger partial charge in [-0.25, -0.2) is 0 Å². The second-order valence-electron chi connectivity index (χ2n) is 9.64. The molecule has 4 nitrogen and oxygen atoms in total. The molecule has 1 saturated heterocycles. The maximum atomic E-state index is 13.6. The first-order valence-electron chi connectivity index (χ1n) is 10.9. The van der Waals surface area contributed by atoms with Gasteiger partial charge in [-0.15, -0.1) is 0 Å². The molecule has 1 aromatic carbocycles. The van der Waals surface area contributed by atoms with E-state index < -0.39 is 0 Å². The number of benzene rings is 1. The van der Waals surface area contributed by atoms with Gasteiger partial charge in [-0.1, -0.05) is 11.6 Å². The quantitative estimate of drug-likeness (QED) is 0.745. The van der Waals surface area contributed by atoms with Crippen LogP contribution in [0.25, 0.3) is 0 Å². The fraction of sp³-hybridized carbons (Fsp3) is 0.652. The molecule has 5 heteroatoms. The van der Waals surface area contributed by atoms with Gasteiger partial charge in [0.15, 0.2) is 0 Å². The van der Waals surface area contributed by atoms with Gasteiger partial charge >= 0.3 is 0 Å². The maximum Gasteiger partial charge on any atom is 0.253 e. The highest BCUT2D eigenvalue weighted by Gasteiger charge is 2.55. The average Bonchev–Trinajstić information content (AvgIpc) is 2.92. The second-order valence-corrected chi connectivity index (χ2v) is 10.1. The number of carbonyl (C=O) groups excluding carboxylic acids is 2. The third kappa shape index (κ3) is 3.24. The molecule has 6 rings (SSSR count). The minimum Gasteiger partial charge on any atom is -0.340 e. The summed E-state index contributed by atoms with van der Waals surface area (Å²) in [5.74, 6) is 2.79. The molecule has 0 aromatic heterocycles. The van der Waals surface area contributed by atoms with Crippen LogP contribution in [-0.4, -0.2) is 47.8 Å². The zero-order chi connectivity index (χ0) is 19.3. The highest BCUT2D eigenvalue weighted by Crippen LogP contribution is 2.60. The van der Waals surface area contributed by atoms with Crippen molar-refractivity contribution in [2.45, 2.75) is 44.9 Å². The molecule has 4 saturated carbocycles. The third-order valence-electron chi connectivity index (χ3n) is 7.65. The van der Waals surface area contributed by atoms with Crippen molar-refractivity contribution in [3.63, 3.8) is 0 Å². The Morgan fingerprint density at radius 1 is 0.821 bits per heavy atom. The van der Waals surface area contributed by atoms with Gasteiger partial charge in [0.05, 0.1) is 5.41 Å². The summed E-state index contributed by atoms with van der Waals surface area (Å²) in [7, 11) is 0. The molecule has 5 aliphatic rings. The molecule has 28 heavy (non-hydrogen) atoms. The van der Waals surface area contributed by atoms with Crippen LogP contribution in [0.15, 0.2) is 24.3 Å². The van der Waals surface area contributed by atoms with E-state index in [0.717, 1.165) is 50.0 Å². The largest absolute Gasteiger partial charge is 0.340 e. The fourth-order valence-corrected chi connectivity index (χ4v) is 6.93. The molecule has 1 aliphatic heterocycles. The van der Waals surface area contributed by atoms with Gasteiger partial charge in [-0.3, -0.25) is 9.59 Å². The monoisotopic (exact) mass is 400 g/mol. The van der Waals surface area contributed by atoms with Crippen molar-refractivity contribution in [2.75, 3.05) is 26.2 Å². The predicted molar refractivity (Wildman–Crippen MR) is 109 cm³/mol. The summed E-state index contributed by atoms with van der Waals surface area (Å²) in [5, 5.41) is 0.639. The van der Waals surface area contributed by atoms with Crippen molar-refractivity contribution < 1.29 is 9.59 Å². The Balaban J connectivity index is 1.26. The first-order chi connectivity index (χ1) is 13.5. The van der Waals surface area contributed by atoms with Gasteiger partial charge in [0, 0.05) is 36.8 Å². The summed E-state index contributed by atoms with van der Waals surface area (Å²) in [5.41, 5.74) is 0.592. The predicted octanol–water partition coefficient (Wildman–Crippen LogP) is 4.23. The lowest BCUT2D eigenvalue weighted by molar-refractivity contribution is -0.157. The molecular weight excluding hydrogens is 372 g/mol. The summed E-state index contributed by atoms with van der Waals surface area (Å²) in [6, 6.07) is 7.09. The van der Waals surface area contributed by atoms with Crippen LogP contribution in [0.2, 0.25) is 5.02 Å². The molecule has 2 amide bonds. The van der Waals surface area contributed by atoms with Crippen molar-refractivity contribution in [3.05, 3.63) is 34.9 Å². The van der Waals surface area contributed by atoms with Crippen LogP contribution in [0.5, 0.6) is 0 Å². The van der Waals surface area contributed by atoms with Crippen molar-refractivity contribution in [3.8, 4) is 0 Å². The van der Waals surface area contributed by atoms with Gasteiger partial charge < -0.3 is 9.80 Å². The van der Waals surface area contributed by atoms with E-state index >= 15 is 0 Å². The van der Waals surface area contributed by atoms with E-state index in [1.54, 1.807) is 24.3 Å². The van der Waals surface area contributed by atoms with Crippen LogP contribution in [-0.2, 0) is 4.79 Å². The normalized spacial score (nSPS) is 34.4. The van der Waals surface area contributed by atoms with Crippen LogP contribution < -0.4 is 0 Å². The Bertz CT molecular complexity index is 740. The molecule has 1 heterocycles. The minimum absolute atomic E-state index is 0.0424. The van der Waals surface area contributed by atoms with Gasteiger partial charge in [0.1, 0.15) is 0 Å². The van der Waals surface area contributed by atoms with E-state index in [0.29, 0.717) is 36.1 Å². The Morgan fingerprint density at radius 2 is 1.36 bits per heavy atom. The van der Waals surface area contributed by atoms with Crippen LogP contribution in [0.3, 0.4) is 0 Å². The second kappa shape index (κ2) is 7.05. The first-order valence-corrected chi connectivity index (χ1v) is 11.2. The van der Waals surface area contributed by atoms with Crippen molar-refractivity contribution in [1.29, 1.82) is 0 Å². The molecule has 4 bridgehead atoms. The highest BCUT2D eigenvalue weighted by atomic mass is 35.5. The van der Waals surface area contributed by atoms with E-state index in [1.165, 1.54) is 19.3 Å². The molecule has 0 spiro atoms.